The molecule has 2 rings (SSSR count). The number of aromatic nitrogens is 2. The highest BCUT2D eigenvalue weighted by Crippen LogP contribution is 2.24. The molecule has 0 aromatic carbocycles. The Kier molecular flexibility index (Phi) is 4.73. The third-order valence-corrected chi connectivity index (χ3v) is 4.08. The minimum Gasteiger partial charge on any atom is -0.377 e. The van der Waals surface area contributed by atoms with Crippen molar-refractivity contribution in [3.05, 3.63) is 43.0 Å². The molecular formula is C12H14BrN3O2S. The van der Waals surface area contributed by atoms with Crippen LogP contribution >= 0.6 is 27.3 Å². The van der Waals surface area contributed by atoms with Gasteiger partial charge in [-0.25, -0.2) is 4.98 Å². The first-order valence-electron chi connectivity index (χ1n) is 5.63. The summed E-state index contributed by atoms with van der Waals surface area (Å²) in [6.07, 6.45) is 0. The molecule has 0 saturated carbocycles. The van der Waals surface area contributed by atoms with E-state index < -0.39 is 0 Å². The molecule has 2 aromatic heterocycles. The van der Waals surface area contributed by atoms with Crippen LogP contribution in [0.3, 0.4) is 0 Å². The average molecular weight is 344 g/mol. The molecule has 0 unspecified atom stereocenters. The lowest BCUT2D eigenvalue weighted by Crippen LogP contribution is -2.21. The molecule has 0 bridgehead atoms. The van der Waals surface area contributed by atoms with E-state index in [9.17, 15) is 4.79 Å². The lowest BCUT2D eigenvalue weighted by Gasteiger charge is -2.17. The van der Waals surface area contributed by atoms with Crippen LogP contribution in [-0.2, 0) is 17.9 Å². The van der Waals surface area contributed by atoms with Gasteiger partial charge in [-0.2, -0.15) is 0 Å². The number of anilines is 1. The number of aromatic amines is 1. The van der Waals surface area contributed by atoms with E-state index in [1.807, 2.05) is 18.0 Å². The molecule has 0 radical (unpaired) electrons. The van der Waals surface area contributed by atoms with E-state index in [0.717, 1.165) is 3.79 Å². The summed E-state index contributed by atoms with van der Waals surface area (Å²) in [5, 5.41) is 0. The lowest BCUT2D eigenvalue weighted by atomic mass is 10.4. The molecule has 0 spiro atoms. The van der Waals surface area contributed by atoms with Crippen LogP contribution in [-0.4, -0.2) is 24.1 Å². The van der Waals surface area contributed by atoms with Gasteiger partial charge in [-0.1, -0.05) is 0 Å². The minimum atomic E-state index is -0.170. The minimum absolute atomic E-state index is 0.170. The van der Waals surface area contributed by atoms with Crippen LogP contribution in [0.4, 0.5) is 5.82 Å². The van der Waals surface area contributed by atoms with Gasteiger partial charge in [-0.05, 0) is 28.1 Å². The SMILES string of the molecule is COCc1nc(N(C)Cc2ccc(Br)s2)cc(=O)[nH]1. The van der Waals surface area contributed by atoms with Crippen molar-refractivity contribution in [2.24, 2.45) is 0 Å². The van der Waals surface area contributed by atoms with Crippen molar-refractivity contribution >= 4 is 33.1 Å². The van der Waals surface area contributed by atoms with Crippen LogP contribution in [0.5, 0.6) is 0 Å². The lowest BCUT2D eigenvalue weighted by molar-refractivity contribution is 0.177. The van der Waals surface area contributed by atoms with Crippen molar-refractivity contribution in [2.75, 3.05) is 19.1 Å². The smallest absolute Gasteiger partial charge is 0.253 e. The second-order valence-corrected chi connectivity index (χ2v) is 6.59. The van der Waals surface area contributed by atoms with Gasteiger partial charge in [0.2, 0.25) is 0 Å². The Bertz CT molecular complexity index is 611. The van der Waals surface area contributed by atoms with Crippen molar-refractivity contribution in [2.45, 2.75) is 13.2 Å². The number of ether oxygens (including phenoxy) is 1. The number of rotatable bonds is 5. The summed E-state index contributed by atoms with van der Waals surface area (Å²) in [6, 6.07) is 5.55. The summed E-state index contributed by atoms with van der Waals surface area (Å²) >= 11 is 5.10. The number of hydrogen-bond donors (Lipinski definition) is 1. The van der Waals surface area contributed by atoms with Gasteiger partial charge in [-0.15, -0.1) is 11.3 Å². The van der Waals surface area contributed by atoms with Gasteiger partial charge >= 0.3 is 0 Å². The fourth-order valence-electron chi connectivity index (χ4n) is 1.65. The third-order valence-electron chi connectivity index (χ3n) is 2.47. The maximum atomic E-state index is 11.6. The largest absolute Gasteiger partial charge is 0.377 e. The van der Waals surface area contributed by atoms with E-state index in [1.165, 1.54) is 10.9 Å². The Balaban J connectivity index is 2.18. The summed E-state index contributed by atoms with van der Waals surface area (Å²) in [5.41, 5.74) is -0.170. The Morgan fingerprint density at radius 1 is 1.53 bits per heavy atom. The molecule has 0 amide bonds. The van der Waals surface area contributed by atoms with Gasteiger partial charge in [0.05, 0.1) is 10.3 Å². The highest BCUT2D eigenvalue weighted by molar-refractivity contribution is 9.11. The number of nitrogens with zero attached hydrogens (tertiary/aromatic N) is 2. The van der Waals surface area contributed by atoms with Crippen LogP contribution in [0.15, 0.2) is 26.8 Å². The molecule has 0 aliphatic carbocycles. The van der Waals surface area contributed by atoms with Gasteiger partial charge in [0.1, 0.15) is 18.2 Å². The van der Waals surface area contributed by atoms with Crippen LogP contribution < -0.4 is 10.5 Å². The summed E-state index contributed by atoms with van der Waals surface area (Å²) in [5.74, 6) is 1.17. The Morgan fingerprint density at radius 2 is 2.32 bits per heavy atom. The molecule has 5 nitrogen and oxygen atoms in total. The second kappa shape index (κ2) is 6.31. The number of nitrogens with one attached hydrogen (secondary N) is 1. The van der Waals surface area contributed by atoms with Gasteiger partial charge in [0.25, 0.3) is 5.56 Å². The molecule has 0 aliphatic heterocycles. The highest BCUT2D eigenvalue weighted by atomic mass is 79.9. The van der Waals surface area contributed by atoms with Crippen LogP contribution in [0, 0.1) is 0 Å². The number of H-pyrrole nitrogens is 1. The van der Waals surface area contributed by atoms with Gasteiger partial charge in [-0.3, -0.25) is 4.79 Å². The molecule has 102 valence electrons. The number of thiophene rings is 1. The number of halogens is 1. The van der Waals surface area contributed by atoms with Crippen molar-refractivity contribution in [3.63, 3.8) is 0 Å². The van der Waals surface area contributed by atoms with Gasteiger partial charge < -0.3 is 14.6 Å². The van der Waals surface area contributed by atoms with Gasteiger partial charge in [0, 0.05) is 25.1 Å². The zero-order valence-corrected chi connectivity index (χ0v) is 13.0. The maximum absolute atomic E-state index is 11.6. The Morgan fingerprint density at radius 3 is 2.95 bits per heavy atom. The first-order chi connectivity index (χ1) is 9.08. The molecule has 19 heavy (non-hydrogen) atoms. The molecule has 1 N–H and O–H groups in total. The van der Waals surface area contributed by atoms with Crippen molar-refractivity contribution in [1.29, 1.82) is 0 Å². The predicted octanol–water partition coefficient (Wildman–Crippen LogP) is 2.38. The fourth-order valence-corrected chi connectivity index (χ4v) is 3.18. The van der Waals surface area contributed by atoms with Gasteiger partial charge in [0.15, 0.2) is 0 Å². The second-order valence-electron chi connectivity index (χ2n) is 4.05. The number of methoxy groups -OCH3 is 1. The molecule has 0 saturated heterocycles. The van der Waals surface area contributed by atoms with Crippen LogP contribution in [0.25, 0.3) is 0 Å². The monoisotopic (exact) mass is 343 g/mol. The van der Waals surface area contributed by atoms with E-state index in [-0.39, 0.29) is 5.56 Å². The standard InChI is InChI=1S/C12H14BrN3O2S/c1-16(6-8-3-4-9(13)19-8)11-5-12(17)15-10(14-11)7-18-2/h3-5H,6-7H2,1-2H3,(H,14,15,17). The van der Waals surface area contributed by atoms with Crippen molar-refractivity contribution in [1.82, 2.24) is 9.97 Å². The number of hydrogen-bond acceptors (Lipinski definition) is 5. The van der Waals surface area contributed by atoms with E-state index >= 15 is 0 Å². The summed E-state index contributed by atoms with van der Waals surface area (Å²) in [4.78, 5) is 21.7. The molecule has 7 heteroatoms. The first kappa shape index (κ1) is 14.2. The zero-order valence-electron chi connectivity index (χ0n) is 10.6. The van der Waals surface area contributed by atoms with Crippen molar-refractivity contribution < 1.29 is 4.74 Å². The van der Waals surface area contributed by atoms with E-state index in [2.05, 4.69) is 32.0 Å². The maximum Gasteiger partial charge on any atom is 0.253 e. The molecule has 2 aromatic rings. The van der Waals surface area contributed by atoms with E-state index in [1.54, 1.807) is 18.4 Å². The summed E-state index contributed by atoms with van der Waals surface area (Å²) in [6.45, 7) is 1.00. The predicted molar refractivity (Wildman–Crippen MR) is 79.7 cm³/mol. The van der Waals surface area contributed by atoms with E-state index in [4.69, 9.17) is 4.74 Å². The Labute approximate surface area is 123 Å². The highest BCUT2D eigenvalue weighted by Gasteiger charge is 2.08. The average Bonchev–Trinajstić information content (AvgIpc) is 2.74. The Hall–Kier alpha value is -1.18. The molecular weight excluding hydrogens is 330 g/mol. The first-order valence-corrected chi connectivity index (χ1v) is 7.24. The topological polar surface area (TPSA) is 58.2 Å². The molecule has 0 fully saturated rings. The third kappa shape index (κ3) is 3.89. The summed E-state index contributed by atoms with van der Waals surface area (Å²) in [7, 11) is 3.48. The van der Waals surface area contributed by atoms with Crippen LogP contribution in [0.2, 0.25) is 0 Å². The summed E-state index contributed by atoms with van der Waals surface area (Å²) < 4.78 is 6.08. The zero-order chi connectivity index (χ0) is 13.8. The van der Waals surface area contributed by atoms with Crippen molar-refractivity contribution in [3.8, 4) is 0 Å². The normalized spacial score (nSPS) is 10.7. The van der Waals surface area contributed by atoms with Crippen LogP contribution in [0.1, 0.15) is 10.7 Å². The molecule has 0 atom stereocenters. The fraction of sp³-hybridized carbons (Fsp3) is 0.333. The van der Waals surface area contributed by atoms with E-state index in [0.29, 0.717) is 24.8 Å². The molecule has 2 heterocycles. The quantitative estimate of drug-likeness (QED) is 0.905. The molecule has 0 aliphatic rings.